The maximum Gasteiger partial charge on any atom is 0.306 e. The highest BCUT2D eigenvalue weighted by Crippen LogP contribution is 2.28. The lowest BCUT2D eigenvalue weighted by Crippen LogP contribution is -2.34. The zero-order valence-electron chi connectivity index (χ0n) is 19.2. The second-order valence-corrected chi connectivity index (χ2v) is 8.14. The number of amides is 3. The summed E-state index contributed by atoms with van der Waals surface area (Å²) in [4.78, 5) is 48.4. The third-order valence-electron chi connectivity index (χ3n) is 5.69. The molecule has 7 nitrogen and oxygen atoms in total. The lowest BCUT2D eigenvalue weighted by atomic mass is 10.0. The zero-order chi connectivity index (χ0) is 24.3. The van der Waals surface area contributed by atoms with Crippen LogP contribution in [0.1, 0.15) is 66.1 Å². The Bertz CT molecular complexity index is 1100. The molecule has 0 aliphatic carbocycles. The molecular weight excluding hydrogens is 432 g/mol. The van der Waals surface area contributed by atoms with Crippen LogP contribution in [0.3, 0.4) is 0 Å². The van der Waals surface area contributed by atoms with E-state index in [2.05, 4.69) is 17.2 Å². The Hall–Kier alpha value is -3.92. The fraction of sp³-hybridized carbons (Fsp3) is 0.333. The summed E-state index contributed by atoms with van der Waals surface area (Å²) in [7, 11) is 0. The van der Waals surface area contributed by atoms with Crippen LogP contribution >= 0.6 is 0 Å². The Morgan fingerprint density at radius 2 is 1.94 bits per heavy atom. The number of hydrogen-bond donors (Lipinski definition) is 1. The normalized spacial score (nSPS) is 12.9. The third-order valence-corrected chi connectivity index (χ3v) is 5.69. The first kappa shape index (κ1) is 24.7. The van der Waals surface area contributed by atoms with Crippen molar-refractivity contribution in [2.45, 2.75) is 58.2 Å². The SMILES string of the molecule is CC(CCC(=O)NC=O)N1Cc2c(C#CCCCC(=O)OCc3ccccc3)cccc2C1=O. The first-order chi connectivity index (χ1) is 16.5. The zero-order valence-corrected chi connectivity index (χ0v) is 19.2. The van der Waals surface area contributed by atoms with E-state index in [4.69, 9.17) is 4.74 Å². The van der Waals surface area contributed by atoms with Crippen molar-refractivity contribution in [3.63, 3.8) is 0 Å². The number of benzene rings is 2. The first-order valence-corrected chi connectivity index (χ1v) is 11.3. The van der Waals surface area contributed by atoms with Gasteiger partial charge in [-0.15, -0.1) is 0 Å². The minimum absolute atomic E-state index is 0.0805. The van der Waals surface area contributed by atoms with Crippen molar-refractivity contribution in [2.24, 2.45) is 0 Å². The van der Waals surface area contributed by atoms with Gasteiger partial charge < -0.3 is 9.64 Å². The number of hydrogen-bond acceptors (Lipinski definition) is 5. The second-order valence-electron chi connectivity index (χ2n) is 8.14. The largest absolute Gasteiger partial charge is 0.461 e. The second kappa shape index (κ2) is 12.4. The van der Waals surface area contributed by atoms with Gasteiger partial charge in [-0.2, -0.15) is 0 Å². The molecule has 2 aromatic carbocycles. The van der Waals surface area contributed by atoms with Crippen molar-refractivity contribution < 1.29 is 23.9 Å². The van der Waals surface area contributed by atoms with Crippen molar-refractivity contribution >= 4 is 24.2 Å². The topological polar surface area (TPSA) is 92.8 Å². The van der Waals surface area contributed by atoms with Crippen molar-refractivity contribution in [3.8, 4) is 11.8 Å². The average molecular weight is 461 g/mol. The molecule has 0 saturated carbocycles. The molecule has 176 valence electrons. The fourth-order valence-electron chi connectivity index (χ4n) is 3.75. The Balaban J connectivity index is 1.49. The Kier molecular flexibility index (Phi) is 8.98. The first-order valence-electron chi connectivity index (χ1n) is 11.3. The number of ether oxygens (including phenoxy) is 1. The third kappa shape index (κ3) is 6.79. The minimum Gasteiger partial charge on any atom is -0.461 e. The molecule has 0 saturated heterocycles. The van der Waals surface area contributed by atoms with Crippen LogP contribution in [0, 0.1) is 11.8 Å². The maximum atomic E-state index is 12.8. The molecule has 34 heavy (non-hydrogen) atoms. The van der Waals surface area contributed by atoms with E-state index in [-0.39, 0.29) is 36.9 Å². The Morgan fingerprint density at radius 3 is 2.71 bits per heavy atom. The summed E-state index contributed by atoms with van der Waals surface area (Å²) < 4.78 is 5.28. The van der Waals surface area contributed by atoms with Gasteiger partial charge in [0.2, 0.25) is 12.3 Å². The predicted molar refractivity (Wildman–Crippen MR) is 126 cm³/mol. The molecule has 1 N–H and O–H groups in total. The number of rotatable bonds is 10. The molecule has 3 rings (SSSR count). The van der Waals surface area contributed by atoms with Crippen molar-refractivity contribution in [2.75, 3.05) is 0 Å². The monoisotopic (exact) mass is 460 g/mol. The van der Waals surface area contributed by atoms with E-state index in [1.54, 1.807) is 11.0 Å². The fourth-order valence-corrected chi connectivity index (χ4v) is 3.75. The van der Waals surface area contributed by atoms with Crippen molar-refractivity contribution in [1.29, 1.82) is 0 Å². The van der Waals surface area contributed by atoms with Crippen LogP contribution in [0.25, 0.3) is 0 Å². The number of imide groups is 1. The van der Waals surface area contributed by atoms with Gasteiger partial charge in [-0.25, -0.2) is 0 Å². The summed E-state index contributed by atoms with van der Waals surface area (Å²) in [5.41, 5.74) is 3.26. The molecule has 1 aliphatic heterocycles. The lowest BCUT2D eigenvalue weighted by Gasteiger charge is -2.24. The molecule has 0 aromatic heterocycles. The molecule has 0 radical (unpaired) electrons. The van der Waals surface area contributed by atoms with Crippen molar-refractivity contribution in [3.05, 3.63) is 70.8 Å². The van der Waals surface area contributed by atoms with Crippen LogP contribution in [0.5, 0.6) is 0 Å². The van der Waals surface area contributed by atoms with E-state index in [0.717, 1.165) is 16.7 Å². The van der Waals surface area contributed by atoms with Crippen molar-refractivity contribution in [1.82, 2.24) is 10.2 Å². The maximum absolute atomic E-state index is 12.8. The van der Waals surface area contributed by atoms with Crippen LogP contribution in [0.4, 0.5) is 0 Å². The van der Waals surface area contributed by atoms with Gasteiger partial charge in [-0.1, -0.05) is 48.2 Å². The molecule has 0 bridgehead atoms. The van der Waals surface area contributed by atoms with Crippen LogP contribution in [-0.4, -0.2) is 35.1 Å². The van der Waals surface area contributed by atoms with Gasteiger partial charge in [-0.05, 0) is 43.0 Å². The molecule has 1 aliphatic rings. The van der Waals surface area contributed by atoms with E-state index in [1.165, 1.54) is 0 Å². The quantitative estimate of drug-likeness (QED) is 0.254. The average Bonchev–Trinajstić information content (AvgIpc) is 3.19. The standard InChI is InChI=1S/C27H28N2O5/c1-20(15-16-25(31)28-19-30)29-17-24-22(12-8-13-23(24)27(29)33)11-6-3-7-14-26(32)34-18-21-9-4-2-5-10-21/h2,4-5,8-10,12-13,19-20H,3,7,14-18H2,1H3,(H,28,30,31). The minimum atomic E-state index is -0.360. The number of nitrogens with zero attached hydrogens (tertiary/aromatic N) is 1. The number of carbonyl (C=O) groups is 4. The highest BCUT2D eigenvalue weighted by atomic mass is 16.5. The molecule has 1 heterocycles. The number of fused-ring (bicyclic) bond motifs is 1. The Labute approximate surface area is 199 Å². The summed E-state index contributed by atoms with van der Waals surface area (Å²) >= 11 is 0. The van der Waals surface area contributed by atoms with Gasteiger partial charge in [0, 0.05) is 43.0 Å². The van der Waals surface area contributed by atoms with Gasteiger partial charge >= 0.3 is 5.97 Å². The number of carbonyl (C=O) groups excluding carboxylic acids is 4. The van der Waals surface area contributed by atoms with Crippen LogP contribution in [-0.2, 0) is 32.3 Å². The van der Waals surface area contributed by atoms with Gasteiger partial charge in [0.25, 0.3) is 5.91 Å². The molecule has 2 aromatic rings. The van der Waals surface area contributed by atoms with E-state index in [0.29, 0.717) is 44.2 Å². The van der Waals surface area contributed by atoms with E-state index < -0.39 is 0 Å². The number of unbranched alkanes of at least 4 members (excludes halogenated alkanes) is 1. The predicted octanol–water partition coefficient (Wildman–Crippen LogP) is 3.35. The number of nitrogens with one attached hydrogen (secondary N) is 1. The Morgan fingerprint density at radius 1 is 1.15 bits per heavy atom. The van der Waals surface area contributed by atoms with E-state index in [1.807, 2.05) is 49.4 Å². The molecule has 1 atom stereocenters. The summed E-state index contributed by atoms with van der Waals surface area (Å²) in [6.07, 6.45) is 2.43. The van der Waals surface area contributed by atoms with Crippen LogP contribution < -0.4 is 5.32 Å². The van der Waals surface area contributed by atoms with E-state index in [9.17, 15) is 19.2 Å². The van der Waals surface area contributed by atoms with Gasteiger partial charge in [0.1, 0.15) is 6.61 Å². The number of esters is 1. The summed E-state index contributed by atoms with van der Waals surface area (Å²) in [5, 5.41) is 2.11. The molecule has 0 spiro atoms. The van der Waals surface area contributed by atoms with Crippen LogP contribution in [0.15, 0.2) is 48.5 Å². The van der Waals surface area contributed by atoms with Gasteiger partial charge in [0.05, 0.1) is 0 Å². The molecule has 0 fully saturated rings. The molecule has 1 unspecified atom stereocenters. The molecular formula is C27H28N2O5. The van der Waals surface area contributed by atoms with E-state index >= 15 is 0 Å². The smallest absolute Gasteiger partial charge is 0.306 e. The molecule has 3 amide bonds. The van der Waals surface area contributed by atoms with Crippen LogP contribution in [0.2, 0.25) is 0 Å². The molecule has 7 heteroatoms. The summed E-state index contributed by atoms with van der Waals surface area (Å²) in [6, 6.07) is 14.9. The van der Waals surface area contributed by atoms with Gasteiger partial charge in [-0.3, -0.25) is 24.5 Å². The summed E-state index contributed by atoms with van der Waals surface area (Å²) in [5.74, 6) is 5.55. The summed E-state index contributed by atoms with van der Waals surface area (Å²) in [6.45, 7) is 2.59. The lowest BCUT2D eigenvalue weighted by molar-refractivity contribution is -0.145. The van der Waals surface area contributed by atoms with Gasteiger partial charge in [0.15, 0.2) is 0 Å². The highest BCUT2D eigenvalue weighted by molar-refractivity contribution is 5.99. The highest BCUT2D eigenvalue weighted by Gasteiger charge is 2.32.